The summed E-state index contributed by atoms with van der Waals surface area (Å²) < 4.78 is 45.1. The number of aliphatic hydroxyl groups is 1. The molecule has 7 saturated heterocycles. The number of hydrogen-bond donors (Lipinski definition) is 7. The average Bonchev–Trinajstić information content (AvgIpc) is 1.60. The third kappa shape index (κ3) is 16.7. The molecule has 0 saturated carbocycles. The van der Waals surface area contributed by atoms with E-state index >= 15 is 0 Å². The summed E-state index contributed by atoms with van der Waals surface area (Å²) in [6.07, 6.45) is 5.09. The molecule has 8 aromatic heterocycles. The van der Waals surface area contributed by atoms with Crippen LogP contribution in [0.2, 0.25) is 0 Å². The largest absolute Gasteiger partial charge is 0.497 e. The number of furan rings is 4. The molecule has 19 heterocycles. The van der Waals surface area contributed by atoms with E-state index in [2.05, 4.69) is 36.1 Å². The lowest BCUT2D eigenvalue weighted by atomic mass is 9.82. The van der Waals surface area contributed by atoms with Crippen LogP contribution in [0.4, 0.5) is 17.5 Å². The maximum absolute atomic E-state index is 13.3. The van der Waals surface area contributed by atoms with E-state index in [4.69, 9.17) is 52.3 Å². The van der Waals surface area contributed by atoms with Crippen molar-refractivity contribution in [3.8, 4) is 23.0 Å². The quantitative estimate of drug-likeness (QED) is 0.0336. The number of nitrogens with two attached hydrogens (primary N) is 1. The van der Waals surface area contributed by atoms with Gasteiger partial charge in [-0.05, 0) is 158 Å². The number of piperidine rings is 2. The molecule has 41 heteroatoms. The standard InChI is InChI=1S/C27H27N5O6.C26H26N4O6.C26H24N4O6.C22H17N3O7/c1-37-17-5-4-15-12-32(25(35)18(15)9-17)14-27(11-23(33)30-26(27)36)21-10-19-20(38-21)6-7-22(29-19)31-8-2-3-16(13-31)24(28)34;1-35-17-5-4-15-12-29(24(33)18(15)9-17)14-26(11-23(32)28-25(26)34)21-10-19-20(36-21)6-7-22(27-19)30-8-2-3-16(30)13-31;1-35-16-6-5-15-13-29(24(33)17(15)10-16)14-26(12-22(31)28-25(26)34)20-11-18-19(36-20)7-8-21(27-18)30-9-3-2-4-23(30)32;1-31-12-3-2-11-9-25(19(27)13(11)6-12)10-22(8-18(26)24-21(22)30)17-7-15-16(32-17)5-4-14(23-15)20(28)29/h4-7,9-10,16H,2-3,8,11-14H2,1H3,(H2,28,34)(H,30,33,36);4-7,9-10,16,31H,2-3,8,11-14H2,1H3,(H,28,32,34);5-8,10-11H,2-4,9,12-14H2,1H3,(H,28,31,34);2-7H,8-10H2,1H3,(H,28,29)(H,24,26,30)/t16?,27-;16-,26+;26-;22-/m1011/s1. The molecule has 41 nitrogen and oxygen atoms in total. The van der Waals surface area contributed by atoms with Crippen molar-refractivity contribution < 1.29 is 119 Å². The minimum Gasteiger partial charge on any atom is -0.497 e. The highest BCUT2D eigenvalue weighted by Gasteiger charge is 2.58. The number of aromatic nitrogens is 4. The Labute approximate surface area is 806 Å². The number of fused-ring (bicyclic) bond motifs is 8. The second kappa shape index (κ2) is 36.5. The Morgan fingerprint density at radius 3 is 1.10 bits per heavy atom. The van der Waals surface area contributed by atoms with Gasteiger partial charge in [0.05, 0.1) is 72.7 Å². The summed E-state index contributed by atoms with van der Waals surface area (Å²) in [4.78, 5) is 220. The Morgan fingerprint density at radius 1 is 0.408 bits per heavy atom. The van der Waals surface area contributed by atoms with Gasteiger partial charge in [0.15, 0.2) is 22.3 Å². The molecule has 11 aliphatic heterocycles. The molecule has 6 atom stereocenters. The number of anilines is 3. The van der Waals surface area contributed by atoms with E-state index in [-0.39, 0.29) is 146 Å². The summed E-state index contributed by atoms with van der Waals surface area (Å²) in [6.45, 7) is 3.74. The lowest BCUT2D eigenvalue weighted by Crippen LogP contribution is -2.46. The number of carboxylic acid groups (broad SMARTS) is 1. The Morgan fingerprint density at radius 2 is 0.754 bits per heavy atom. The highest BCUT2D eigenvalue weighted by molar-refractivity contribution is 6.14. The van der Waals surface area contributed by atoms with Crippen LogP contribution in [-0.4, -0.2) is 232 Å². The number of primary amides is 1. The second-order valence-corrected chi connectivity index (χ2v) is 37.1. The second-order valence-electron chi connectivity index (χ2n) is 37.1. The number of methoxy groups -OCH3 is 4. The predicted octanol–water partition coefficient (Wildman–Crippen LogP) is 6.98. The molecule has 0 bridgehead atoms. The van der Waals surface area contributed by atoms with Crippen molar-refractivity contribution in [1.82, 2.24) is 60.8 Å². The molecule has 7 fully saturated rings. The first-order valence-electron chi connectivity index (χ1n) is 46.2. The zero-order chi connectivity index (χ0) is 99.3. The van der Waals surface area contributed by atoms with Gasteiger partial charge in [-0.1, -0.05) is 24.3 Å². The molecule has 0 aliphatic carbocycles. The Balaban J connectivity index is 0.000000116. The first kappa shape index (κ1) is 92.9. The van der Waals surface area contributed by atoms with Crippen molar-refractivity contribution in [2.45, 2.75) is 125 Å². The summed E-state index contributed by atoms with van der Waals surface area (Å²) >= 11 is 0. The van der Waals surface area contributed by atoms with Crippen LogP contribution in [0.1, 0.15) is 168 Å². The first-order chi connectivity index (χ1) is 68.4. The molecule has 4 aromatic carbocycles. The third-order valence-corrected chi connectivity index (χ3v) is 28.4. The maximum Gasteiger partial charge on any atom is 0.354 e. The molecule has 12 aromatic rings. The number of benzene rings is 4. The average molecular weight is 1930 g/mol. The smallest absolute Gasteiger partial charge is 0.354 e. The van der Waals surface area contributed by atoms with Crippen LogP contribution in [0.3, 0.4) is 0 Å². The molecule has 11 aliphatic rings. The van der Waals surface area contributed by atoms with Crippen LogP contribution in [0.15, 0.2) is 163 Å². The Bertz CT molecular complexity index is 7380. The molecule has 142 heavy (non-hydrogen) atoms. The molecule has 14 amide bonds. The van der Waals surface area contributed by atoms with Gasteiger partial charge in [-0.25, -0.2) is 24.7 Å². The van der Waals surface area contributed by atoms with Crippen LogP contribution in [-0.2, 0) is 95.8 Å². The molecule has 23 rings (SSSR count). The van der Waals surface area contributed by atoms with Gasteiger partial charge in [0, 0.05) is 131 Å². The number of aliphatic hydroxyl groups excluding tert-OH is 1. The number of nitrogens with zero attached hydrogens (tertiary/aromatic N) is 11. The van der Waals surface area contributed by atoms with Gasteiger partial charge in [0.2, 0.25) is 59.1 Å². The number of rotatable bonds is 22. The summed E-state index contributed by atoms with van der Waals surface area (Å²) in [5.74, 6) is -1.42. The molecule has 1 unspecified atom stereocenters. The van der Waals surface area contributed by atoms with Crippen molar-refractivity contribution in [2.24, 2.45) is 11.7 Å². The van der Waals surface area contributed by atoms with Gasteiger partial charge in [-0.3, -0.25) is 93.3 Å². The number of nitrogens with one attached hydrogen (secondary N) is 4. The minimum atomic E-state index is -1.46. The molecule has 0 radical (unpaired) electrons. The highest BCUT2D eigenvalue weighted by atomic mass is 16.5. The van der Waals surface area contributed by atoms with Crippen LogP contribution in [0.5, 0.6) is 23.0 Å². The van der Waals surface area contributed by atoms with Crippen LogP contribution >= 0.6 is 0 Å². The van der Waals surface area contributed by atoms with Crippen molar-refractivity contribution in [3.63, 3.8) is 0 Å². The van der Waals surface area contributed by atoms with Crippen LogP contribution < -0.4 is 60.6 Å². The third-order valence-electron chi connectivity index (χ3n) is 28.4. The fourth-order valence-corrected chi connectivity index (χ4v) is 20.9. The first-order valence-corrected chi connectivity index (χ1v) is 46.2. The number of pyridine rings is 4. The number of aromatic carboxylic acids is 1. The van der Waals surface area contributed by atoms with E-state index in [1.54, 1.807) is 123 Å². The maximum atomic E-state index is 13.3. The van der Waals surface area contributed by atoms with E-state index in [1.807, 2.05) is 29.2 Å². The predicted molar refractivity (Wildman–Crippen MR) is 500 cm³/mol. The van der Waals surface area contributed by atoms with Crippen molar-refractivity contribution >= 4 is 151 Å². The lowest BCUT2D eigenvalue weighted by molar-refractivity contribution is -0.128. The fraction of sp³-hybridized carbons (Fsp3) is 0.337. The lowest BCUT2D eigenvalue weighted by Gasteiger charge is -2.32. The van der Waals surface area contributed by atoms with E-state index in [0.29, 0.717) is 135 Å². The van der Waals surface area contributed by atoms with Gasteiger partial charge in [0.25, 0.3) is 23.6 Å². The number of ether oxygens (including phenoxy) is 4. The normalized spacial score (nSPS) is 22.3. The van der Waals surface area contributed by atoms with Gasteiger partial charge in [-0.15, -0.1) is 0 Å². The van der Waals surface area contributed by atoms with E-state index in [9.17, 15) is 82.1 Å². The number of amides is 14. The van der Waals surface area contributed by atoms with Crippen molar-refractivity contribution in [1.29, 1.82) is 0 Å². The van der Waals surface area contributed by atoms with E-state index < -0.39 is 74.9 Å². The summed E-state index contributed by atoms with van der Waals surface area (Å²) in [5.41, 5.74) is 8.49. The number of carboxylic acids is 1. The molecule has 8 N–H and O–H groups in total. The molecule has 728 valence electrons. The van der Waals surface area contributed by atoms with Gasteiger partial charge >= 0.3 is 5.97 Å². The van der Waals surface area contributed by atoms with Crippen molar-refractivity contribution in [3.05, 3.63) is 219 Å². The van der Waals surface area contributed by atoms with Crippen LogP contribution in [0, 0.1) is 5.92 Å². The van der Waals surface area contributed by atoms with Crippen LogP contribution in [0.25, 0.3) is 44.4 Å². The number of imide groups is 4. The molecule has 0 spiro atoms. The zero-order valence-electron chi connectivity index (χ0n) is 77.3. The Kier molecular flexibility index (Phi) is 23.9. The van der Waals surface area contributed by atoms with Gasteiger partial charge < -0.3 is 82.0 Å². The zero-order valence-corrected chi connectivity index (χ0v) is 77.3. The Hall–Kier alpha value is -16.8. The van der Waals surface area contributed by atoms with Crippen molar-refractivity contribution in [2.75, 3.05) is 102 Å². The van der Waals surface area contributed by atoms with E-state index in [0.717, 1.165) is 79.7 Å². The number of hydrogen-bond acceptors (Lipinski definition) is 30. The molecular formula is C101H94N16O25. The van der Waals surface area contributed by atoms with Gasteiger partial charge in [-0.2, -0.15) is 0 Å². The minimum absolute atomic E-state index is 0.00814. The summed E-state index contributed by atoms with van der Waals surface area (Å²) in [6, 6.07) is 40.9. The molecular weight excluding hydrogens is 1840 g/mol. The van der Waals surface area contributed by atoms with Gasteiger partial charge in [0.1, 0.15) is 113 Å². The fourth-order valence-electron chi connectivity index (χ4n) is 20.9. The SMILES string of the molecule is COc1ccc2c(c1)C(=O)N(C[C@@]1(c3cc4nc(C(=O)O)ccc4o3)CC(=O)NC1=O)C2.COc1ccc2c(c1)C(=O)N(C[C@@]1(c3cc4nc(N5CCCC(C(N)=O)C5)ccc4o3)CC(=O)NC1=O)C2.COc1ccc2c(c1)C(=O)N(C[C@@]1(c3cc4nc(N5CCCCC5=O)ccc4o3)CC(=O)NC1=O)C2.COc1ccc2c(c1)C(=O)N(C[C@@]1(c3cc4nc(N5CCC[C@H]5CO)ccc4o3)CC(=O)NC1=O)C2. The monoisotopic (exact) mass is 1930 g/mol. The topological polar surface area (TPSA) is 534 Å². The highest BCUT2D eigenvalue weighted by Crippen LogP contribution is 2.47. The summed E-state index contributed by atoms with van der Waals surface area (Å²) in [7, 11) is 6.11. The number of carbonyl (C=O) groups is 15. The summed E-state index contributed by atoms with van der Waals surface area (Å²) in [5, 5.41) is 28.3. The van der Waals surface area contributed by atoms with E-state index in [1.165, 1.54) is 51.5 Å². The number of carbonyl (C=O) groups excluding carboxylic acids is 14.